The SMILES string of the molecule is Cc1nn(C)c(C)c1CNS(=O)(=O)c1ccccc1CO. The fraction of sp³-hybridized carbons (Fsp3) is 0.357. The molecule has 21 heavy (non-hydrogen) atoms. The Kier molecular flexibility index (Phi) is 4.46. The Morgan fingerprint density at radius 3 is 2.52 bits per heavy atom. The summed E-state index contributed by atoms with van der Waals surface area (Å²) in [6.07, 6.45) is 0. The minimum Gasteiger partial charge on any atom is -0.392 e. The highest BCUT2D eigenvalue weighted by Crippen LogP contribution is 2.17. The van der Waals surface area contributed by atoms with Crippen LogP contribution in [0.4, 0.5) is 0 Å². The summed E-state index contributed by atoms with van der Waals surface area (Å²) in [6, 6.07) is 6.40. The Bertz CT molecular complexity index is 751. The van der Waals surface area contributed by atoms with Gasteiger partial charge >= 0.3 is 0 Å². The van der Waals surface area contributed by atoms with Crippen LogP contribution < -0.4 is 4.72 Å². The Morgan fingerprint density at radius 1 is 1.29 bits per heavy atom. The lowest BCUT2D eigenvalue weighted by Gasteiger charge is -2.10. The van der Waals surface area contributed by atoms with Crippen LogP contribution in [-0.4, -0.2) is 23.3 Å². The highest BCUT2D eigenvalue weighted by molar-refractivity contribution is 7.89. The highest BCUT2D eigenvalue weighted by atomic mass is 32.2. The second kappa shape index (κ2) is 5.97. The monoisotopic (exact) mass is 309 g/mol. The van der Waals surface area contributed by atoms with Crippen molar-refractivity contribution in [2.45, 2.75) is 31.9 Å². The molecule has 0 saturated carbocycles. The second-order valence-corrected chi connectivity index (χ2v) is 6.60. The van der Waals surface area contributed by atoms with Crippen molar-refractivity contribution in [2.24, 2.45) is 7.05 Å². The van der Waals surface area contributed by atoms with Gasteiger partial charge in [-0.1, -0.05) is 18.2 Å². The smallest absolute Gasteiger partial charge is 0.241 e. The zero-order valence-corrected chi connectivity index (χ0v) is 13.1. The summed E-state index contributed by atoms with van der Waals surface area (Å²) in [5, 5.41) is 13.5. The van der Waals surface area contributed by atoms with E-state index >= 15 is 0 Å². The number of aryl methyl sites for hydroxylation is 2. The van der Waals surface area contributed by atoms with Gasteiger partial charge in [-0.3, -0.25) is 4.68 Å². The molecule has 0 bridgehead atoms. The predicted molar refractivity (Wildman–Crippen MR) is 79.1 cm³/mol. The molecule has 2 aromatic rings. The number of hydrogen-bond donors (Lipinski definition) is 2. The van der Waals surface area contributed by atoms with Crippen LogP contribution in [0.3, 0.4) is 0 Å². The van der Waals surface area contributed by atoms with E-state index in [1.165, 1.54) is 6.07 Å². The molecule has 0 amide bonds. The van der Waals surface area contributed by atoms with Gasteiger partial charge < -0.3 is 5.11 Å². The average Bonchev–Trinajstić information content (AvgIpc) is 2.70. The van der Waals surface area contributed by atoms with Gasteiger partial charge in [-0.05, 0) is 25.5 Å². The van der Waals surface area contributed by atoms with Gasteiger partial charge in [0.2, 0.25) is 10.0 Å². The van der Waals surface area contributed by atoms with E-state index in [-0.39, 0.29) is 18.0 Å². The Balaban J connectivity index is 2.26. The second-order valence-electron chi connectivity index (χ2n) is 4.86. The van der Waals surface area contributed by atoms with Crippen LogP contribution >= 0.6 is 0 Å². The first-order valence-electron chi connectivity index (χ1n) is 6.54. The third-order valence-corrected chi connectivity index (χ3v) is 5.03. The van der Waals surface area contributed by atoms with E-state index < -0.39 is 10.0 Å². The zero-order valence-electron chi connectivity index (χ0n) is 12.3. The van der Waals surface area contributed by atoms with Crippen LogP contribution in [0.25, 0.3) is 0 Å². The summed E-state index contributed by atoms with van der Waals surface area (Å²) < 4.78 is 29.0. The molecule has 6 nitrogen and oxygen atoms in total. The van der Waals surface area contributed by atoms with Gasteiger partial charge in [-0.25, -0.2) is 13.1 Å². The molecule has 0 aliphatic rings. The number of rotatable bonds is 5. The first-order valence-corrected chi connectivity index (χ1v) is 8.02. The molecule has 7 heteroatoms. The van der Waals surface area contributed by atoms with E-state index in [1.807, 2.05) is 20.9 Å². The van der Waals surface area contributed by atoms with E-state index in [4.69, 9.17) is 0 Å². The number of nitrogens with one attached hydrogen (secondary N) is 1. The highest BCUT2D eigenvalue weighted by Gasteiger charge is 2.19. The number of hydrogen-bond acceptors (Lipinski definition) is 4. The van der Waals surface area contributed by atoms with Crippen LogP contribution in [0, 0.1) is 13.8 Å². The third kappa shape index (κ3) is 3.15. The quantitative estimate of drug-likeness (QED) is 0.863. The van der Waals surface area contributed by atoms with Crippen LogP contribution in [-0.2, 0) is 30.2 Å². The molecule has 0 saturated heterocycles. The molecule has 1 heterocycles. The van der Waals surface area contributed by atoms with Crippen molar-refractivity contribution >= 4 is 10.0 Å². The van der Waals surface area contributed by atoms with Gasteiger partial charge in [-0.2, -0.15) is 5.10 Å². The van der Waals surface area contributed by atoms with Crippen LogP contribution in [0.1, 0.15) is 22.5 Å². The molecular weight excluding hydrogens is 290 g/mol. The first kappa shape index (κ1) is 15.7. The molecule has 1 aromatic carbocycles. The molecule has 2 rings (SSSR count). The number of aliphatic hydroxyl groups is 1. The summed E-state index contributed by atoms with van der Waals surface area (Å²) in [7, 11) is -1.85. The molecule has 0 aliphatic carbocycles. The zero-order chi connectivity index (χ0) is 15.6. The van der Waals surface area contributed by atoms with Crippen molar-refractivity contribution in [3.05, 3.63) is 46.8 Å². The normalized spacial score (nSPS) is 11.8. The third-order valence-electron chi connectivity index (χ3n) is 3.53. The summed E-state index contributed by atoms with van der Waals surface area (Å²) >= 11 is 0. The maximum atomic E-state index is 12.4. The molecule has 0 atom stereocenters. The number of sulfonamides is 1. The summed E-state index contributed by atoms with van der Waals surface area (Å²) in [5.74, 6) is 0. The topological polar surface area (TPSA) is 84.2 Å². The van der Waals surface area contributed by atoms with Gasteiger partial charge in [0, 0.05) is 24.8 Å². The molecule has 0 fully saturated rings. The Labute approximate surface area is 124 Å². The van der Waals surface area contributed by atoms with Crippen LogP contribution in [0.2, 0.25) is 0 Å². The number of benzene rings is 1. The van der Waals surface area contributed by atoms with E-state index in [1.54, 1.807) is 22.9 Å². The maximum Gasteiger partial charge on any atom is 0.241 e. The van der Waals surface area contributed by atoms with E-state index in [0.717, 1.165) is 17.0 Å². The van der Waals surface area contributed by atoms with Crippen molar-refractivity contribution in [3.8, 4) is 0 Å². The number of nitrogens with zero attached hydrogens (tertiary/aromatic N) is 2. The summed E-state index contributed by atoms with van der Waals surface area (Å²) in [4.78, 5) is 0.103. The molecule has 0 spiro atoms. The molecule has 114 valence electrons. The Morgan fingerprint density at radius 2 is 1.95 bits per heavy atom. The summed E-state index contributed by atoms with van der Waals surface area (Å²) in [5.41, 5.74) is 2.96. The molecule has 0 radical (unpaired) electrons. The van der Waals surface area contributed by atoms with Crippen molar-refractivity contribution in [1.82, 2.24) is 14.5 Å². The van der Waals surface area contributed by atoms with Gasteiger partial charge in [0.15, 0.2) is 0 Å². The van der Waals surface area contributed by atoms with Gasteiger partial charge in [-0.15, -0.1) is 0 Å². The lowest BCUT2D eigenvalue weighted by atomic mass is 10.2. The average molecular weight is 309 g/mol. The first-order chi connectivity index (χ1) is 9.86. The lowest BCUT2D eigenvalue weighted by Crippen LogP contribution is -2.25. The van der Waals surface area contributed by atoms with E-state index in [9.17, 15) is 13.5 Å². The van der Waals surface area contributed by atoms with Gasteiger partial charge in [0.05, 0.1) is 17.2 Å². The fourth-order valence-corrected chi connectivity index (χ4v) is 3.44. The Hall–Kier alpha value is -1.70. The van der Waals surface area contributed by atoms with E-state index in [0.29, 0.717) is 5.56 Å². The summed E-state index contributed by atoms with van der Waals surface area (Å²) in [6.45, 7) is 3.60. The molecule has 0 aliphatic heterocycles. The number of aliphatic hydroxyl groups excluding tert-OH is 1. The van der Waals surface area contributed by atoms with Crippen LogP contribution in [0.15, 0.2) is 29.2 Å². The lowest BCUT2D eigenvalue weighted by molar-refractivity contribution is 0.278. The van der Waals surface area contributed by atoms with Crippen LogP contribution in [0.5, 0.6) is 0 Å². The molecule has 0 unspecified atom stereocenters. The van der Waals surface area contributed by atoms with Crippen molar-refractivity contribution < 1.29 is 13.5 Å². The fourth-order valence-electron chi connectivity index (χ4n) is 2.21. The molecule has 1 aromatic heterocycles. The minimum absolute atomic E-state index is 0.103. The number of aromatic nitrogens is 2. The molecular formula is C14H19N3O3S. The van der Waals surface area contributed by atoms with Crippen molar-refractivity contribution in [3.63, 3.8) is 0 Å². The molecule has 2 N–H and O–H groups in total. The maximum absolute atomic E-state index is 12.4. The predicted octanol–water partition coefficient (Wildman–Crippen LogP) is 1.01. The van der Waals surface area contributed by atoms with Gasteiger partial charge in [0.1, 0.15) is 0 Å². The van der Waals surface area contributed by atoms with E-state index in [2.05, 4.69) is 9.82 Å². The van der Waals surface area contributed by atoms with Crippen molar-refractivity contribution in [2.75, 3.05) is 0 Å². The van der Waals surface area contributed by atoms with Crippen molar-refractivity contribution in [1.29, 1.82) is 0 Å². The van der Waals surface area contributed by atoms with Gasteiger partial charge in [0.25, 0.3) is 0 Å². The largest absolute Gasteiger partial charge is 0.392 e. The minimum atomic E-state index is -3.67. The standard InChI is InChI=1S/C14H19N3O3S/c1-10-13(11(2)17(3)16-10)8-15-21(19,20)14-7-5-4-6-12(14)9-18/h4-7,15,18H,8-9H2,1-3H3.